The minimum Gasteiger partial charge on any atom is -0.381 e. The van der Waals surface area contributed by atoms with Crippen LogP contribution in [0.15, 0.2) is 4.99 Å². The van der Waals surface area contributed by atoms with Crippen LogP contribution in [0.4, 0.5) is 8.78 Å². The zero-order chi connectivity index (χ0) is 16.2. The summed E-state index contributed by atoms with van der Waals surface area (Å²) in [5.41, 5.74) is 0. The maximum absolute atomic E-state index is 13.6. The van der Waals surface area contributed by atoms with Gasteiger partial charge in [-0.1, -0.05) is 11.8 Å². The first kappa shape index (κ1) is 15.8. The predicted molar refractivity (Wildman–Crippen MR) is 84.7 cm³/mol. The fraction of sp³-hybridized carbons (Fsp3) is 0.875. The molecule has 1 amide bonds. The van der Waals surface area contributed by atoms with Gasteiger partial charge in [-0.3, -0.25) is 9.79 Å². The Morgan fingerprint density at radius 2 is 2.00 bits per heavy atom. The van der Waals surface area contributed by atoms with E-state index in [9.17, 15) is 13.6 Å². The maximum Gasteiger partial charge on any atom is 0.251 e. The number of aliphatic imine (C=N–C) groups is 1. The summed E-state index contributed by atoms with van der Waals surface area (Å²) in [5.74, 6) is -2.79. The molecule has 2 unspecified atom stereocenters. The van der Waals surface area contributed by atoms with E-state index < -0.39 is 16.6 Å². The molecule has 2 heterocycles. The van der Waals surface area contributed by atoms with Crippen LogP contribution in [-0.4, -0.2) is 41.0 Å². The molecule has 0 aromatic rings. The Bertz CT molecular complexity index is 550. The van der Waals surface area contributed by atoms with Gasteiger partial charge in [0.05, 0.1) is 6.04 Å². The smallest absolute Gasteiger partial charge is 0.251 e. The number of alkyl halides is 2. The zero-order valence-corrected chi connectivity index (χ0v) is 14.0. The second kappa shape index (κ2) is 5.41. The van der Waals surface area contributed by atoms with Crippen molar-refractivity contribution in [3.8, 4) is 0 Å². The lowest BCUT2D eigenvalue weighted by Gasteiger charge is -2.33. The van der Waals surface area contributed by atoms with Crippen LogP contribution in [0.2, 0.25) is 0 Å². The van der Waals surface area contributed by atoms with Crippen LogP contribution in [0.3, 0.4) is 0 Å². The van der Waals surface area contributed by atoms with Crippen molar-refractivity contribution >= 4 is 22.8 Å². The average Bonchev–Trinajstić information content (AvgIpc) is 3.12. The number of rotatable bonds is 2. The number of amidine groups is 1. The lowest BCUT2D eigenvalue weighted by molar-refractivity contribution is -0.123. The summed E-state index contributed by atoms with van der Waals surface area (Å²) in [4.78, 5) is 17.1. The Balaban J connectivity index is 1.46. The predicted octanol–water partition coefficient (Wildman–Crippen LogP) is 2.82. The number of ether oxygens (including phenoxy) is 1. The first-order chi connectivity index (χ1) is 10.9. The summed E-state index contributed by atoms with van der Waals surface area (Å²) in [6.07, 6.45) is 2.74. The Morgan fingerprint density at radius 1 is 1.26 bits per heavy atom. The molecule has 2 aliphatic carbocycles. The highest BCUT2D eigenvalue weighted by Crippen LogP contribution is 2.55. The number of nitrogens with zero attached hydrogens (tertiary/aromatic N) is 1. The third-order valence-corrected chi connectivity index (χ3v) is 7.40. The third-order valence-electron chi connectivity index (χ3n) is 6.05. The normalized spacial score (nSPS) is 44.9. The van der Waals surface area contributed by atoms with Crippen LogP contribution < -0.4 is 5.32 Å². The van der Waals surface area contributed by atoms with E-state index in [1.165, 1.54) is 11.8 Å². The zero-order valence-electron chi connectivity index (χ0n) is 13.2. The molecule has 1 N–H and O–H groups in total. The van der Waals surface area contributed by atoms with Crippen molar-refractivity contribution in [3.05, 3.63) is 0 Å². The molecule has 2 saturated carbocycles. The molecule has 128 valence electrons. The molecule has 7 heteroatoms. The van der Waals surface area contributed by atoms with Gasteiger partial charge in [0.1, 0.15) is 4.75 Å². The molecule has 2 aliphatic heterocycles. The molecule has 4 aliphatic rings. The standard InChI is InChI=1S/C16H22F2N2O2S/c1-15(10-2-4-22-5-3-10)13(21)20-14(23-15)19-12-7-11-6-9(12)8-16(11,17)18/h9-12H,2-8H2,1H3,(H,19,20,21)/t9?,11-,12+,15?/m1/s1. The Labute approximate surface area is 138 Å². The molecule has 0 radical (unpaired) electrons. The second-order valence-corrected chi connectivity index (χ2v) is 8.88. The van der Waals surface area contributed by atoms with Crippen LogP contribution in [0, 0.1) is 17.8 Å². The molecule has 4 atom stereocenters. The van der Waals surface area contributed by atoms with Crippen LogP contribution in [0.25, 0.3) is 0 Å². The van der Waals surface area contributed by atoms with E-state index in [1.54, 1.807) is 0 Å². The van der Waals surface area contributed by atoms with Crippen LogP contribution in [0.5, 0.6) is 0 Å². The van der Waals surface area contributed by atoms with Crippen molar-refractivity contribution in [2.75, 3.05) is 13.2 Å². The summed E-state index contributed by atoms with van der Waals surface area (Å²) in [5, 5.41) is 3.52. The van der Waals surface area contributed by atoms with Gasteiger partial charge in [-0.2, -0.15) is 0 Å². The summed E-state index contributed by atoms with van der Waals surface area (Å²) in [7, 11) is 0. The van der Waals surface area contributed by atoms with E-state index in [2.05, 4.69) is 10.3 Å². The molecule has 4 nitrogen and oxygen atoms in total. The van der Waals surface area contributed by atoms with Crippen molar-refractivity contribution < 1.29 is 18.3 Å². The molecule has 0 aromatic heterocycles. The summed E-state index contributed by atoms with van der Waals surface area (Å²) in [6.45, 7) is 3.37. The Hall–Kier alpha value is -0.690. The van der Waals surface area contributed by atoms with Gasteiger partial charge >= 0.3 is 0 Å². The number of amides is 1. The van der Waals surface area contributed by atoms with E-state index in [-0.39, 0.29) is 30.2 Å². The average molecular weight is 344 g/mol. The Morgan fingerprint density at radius 3 is 2.61 bits per heavy atom. The first-order valence-electron chi connectivity index (χ1n) is 8.42. The SMILES string of the molecule is CC1(C2CCOCC2)SC(=N[C@H]2C[C@H]3CC2CC3(F)F)NC1=O. The topological polar surface area (TPSA) is 50.7 Å². The van der Waals surface area contributed by atoms with E-state index in [0.717, 1.165) is 12.8 Å². The molecule has 0 spiro atoms. The third kappa shape index (κ3) is 2.60. The van der Waals surface area contributed by atoms with Crippen molar-refractivity contribution in [2.24, 2.45) is 22.7 Å². The molecule has 4 fully saturated rings. The number of fused-ring (bicyclic) bond motifs is 2. The fourth-order valence-corrected chi connectivity index (χ4v) is 5.84. The van der Waals surface area contributed by atoms with Crippen molar-refractivity contribution in [1.29, 1.82) is 0 Å². The molecule has 23 heavy (non-hydrogen) atoms. The quantitative estimate of drug-likeness (QED) is 0.838. The van der Waals surface area contributed by atoms with Crippen molar-refractivity contribution in [2.45, 2.75) is 55.7 Å². The highest BCUT2D eigenvalue weighted by Gasteiger charge is 2.57. The second-order valence-electron chi connectivity index (χ2n) is 7.45. The van der Waals surface area contributed by atoms with Crippen LogP contribution in [-0.2, 0) is 9.53 Å². The number of hydrogen-bond donors (Lipinski definition) is 1. The van der Waals surface area contributed by atoms with Gasteiger partial charge in [0.25, 0.3) is 5.92 Å². The molecule has 2 saturated heterocycles. The minimum absolute atomic E-state index is 0.00152. The monoisotopic (exact) mass is 344 g/mol. The molecular formula is C16H22F2N2O2S. The number of halogens is 2. The summed E-state index contributed by atoms with van der Waals surface area (Å²) < 4.78 is 32.1. The van der Waals surface area contributed by atoms with Gasteiger partial charge in [0.2, 0.25) is 5.91 Å². The van der Waals surface area contributed by atoms with Gasteiger partial charge in [-0.15, -0.1) is 0 Å². The number of hydrogen-bond acceptors (Lipinski definition) is 4. The lowest BCUT2D eigenvalue weighted by Crippen LogP contribution is -2.42. The maximum atomic E-state index is 13.6. The van der Waals surface area contributed by atoms with E-state index in [4.69, 9.17) is 4.74 Å². The molecule has 4 rings (SSSR count). The number of nitrogens with one attached hydrogen (secondary N) is 1. The lowest BCUT2D eigenvalue weighted by atomic mass is 9.86. The first-order valence-corrected chi connectivity index (χ1v) is 9.24. The van der Waals surface area contributed by atoms with Gasteiger partial charge in [-0.25, -0.2) is 8.78 Å². The van der Waals surface area contributed by atoms with Gasteiger partial charge in [-0.05, 0) is 44.4 Å². The largest absolute Gasteiger partial charge is 0.381 e. The summed E-state index contributed by atoms with van der Waals surface area (Å²) in [6, 6.07) is -0.0561. The number of carbonyl (C=O) groups excluding carboxylic acids is 1. The van der Waals surface area contributed by atoms with Crippen molar-refractivity contribution in [3.63, 3.8) is 0 Å². The van der Waals surface area contributed by atoms with E-state index in [0.29, 0.717) is 31.2 Å². The number of carbonyl (C=O) groups is 1. The molecular weight excluding hydrogens is 322 g/mol. The van der Waals surface area contributed by atoms with Crippen LogP contribution >= 0.6 is 11.8 Å². The van der Waals surface area contributed by atoms with Gasteiger partial charge in [0.15, 0.2) is 5.17 Å². The summed E-state index contributed by atoms with van der Waals surface area (Å²) >= 11 is 1.49. The number of thioether (sulfide) groups is 1. The highest BCUT2D eigenvalue weighted by molar-refractivity contribution is 8.16. The molecule has 2 bridgehead atoms. The highest BCUT2D eigenvalue weighted by atomic mass is 32.2. The Kier molecular flexibility index (Phi) is 3.72. The van der Waals surface area contributed by atoms with E-state index in [1.807, 2.05) is 6.92 Å². The fourth-order valence-electron chi connectivity index (χ4n) is 4.56. The van der Waals surface area contributed by atoms with Gasteiger partial charge < -0.3 is 10.1 Å². The van der Waals surface area contributed by atoms with Gasteiger partial charge in [0, 0.05) is 25.6 Å². The van der Waals surface area contributed by atoms with Crippen molar-refractivity contribution in [1.82, 2.24) is 5.32 Å². The van der Waals surface area contributed by atoms with Crippen LogP contribution in [0.1, 0.15) is 39.0 Å². The molecule has 0 aromatic carbocycles. The van der Waals surface area contributed by atoms with E-state index >= 15 is 0 Å². The minimum atomic E-state index is -2.51.